The Morgan fingerprint density at radius 1 is 1.24 bits per heavy atom. The number of nitrogens with one attached hydrogen (secondary N) is 2. The van der Waals surface area contributed by atoms with Gasteiger partial charge in [0.2, 0.25) is 0 Å². The van der Waals surface area contributed by atoms with Gasteiger partial charge < -0.3 is 5.32 Å². The van der Waals surface area contributed by atoms with E-state index in [0.29, 0.717) is 5.82 Å². The molecule has 88 valence electrons. The van der Waals surface area contributed by atoms with Gasteiger partial charge in [0.05, 0.1) is 6.04 Å². The molecule has 4 nitrogen and oxygen atoms in total. The summed E-state index contributed by atoms with van der Waals surface area (Å²) in [6, 6.07) is 6.48. The first-order valence-electron chi connectivity index (χ1n) is 5.74. The molecule has 1 unspecified atom stereocenters. The van der Waals surface area contributed by atoms with Crippen LogP contribution in [0.3, 0.4) is 0 Å². The maximum atomic E-state index is 12.8. The molecule has 3 rings (SSSR count). The number of halogens is 1. The second-order valence-electron chi connectivity index (χ2n) is 4.20. The molecule has 1 aromatic carbocycles. The summed E-state index contributed by atoms with van der Waals surface area (Å²) in [6.07, 6.45) is 2.25. The molecule has 2 heterocycles. The normalized spacial score (nSPS) is 19.7. The number of hydrogen-bond acceptors (Lipinski definition) is 3. The Labute approximate surface area is 98.3 Å². The first kappa shape index (κ1) is 10.4. The van der Waals surface area contributed by atoms with Gasteiger partial charge in [-0.1, -0.05) is 0 Å². The van der Waals surface area contributed by atoms with Crippen LogP contribution in [-0.2, 0) is 0 Å². The van der Waals surface area contributed by atoms with E-state index in [2.05, 4.69) is 20.5 Å². The average molecular weight is 232 g/mol. The van der Waals surface area contributed by atoms with E-state index in [1.165, 1.54) is 12.1 Å². The van der Waals surface area contributed by atoms with E-state index in [-0.39, 0.29) is 11.9 Å². The van der Waals surface area contributed by atoms with Gasteiger partial charge in [0, 0.05) is 5.56 Å². The SMILES string of the molecule is Fc1ccc(-c2n[nH]c(C3CCCN3)n2)cc1. The van der Waals surface area contributed by atoms with Crippen molar-refractivity contribution in [2.24, 2.45) is 0 Å². The maximum Gasteiger partial charge on any atom is 0.181 e. The summed E-state index contributed by atoms with van der Waals surface area (Å²) >= 11 is 0. The van der Waals surface area contributed by atoms with Crippen molar-refractivity contribution in [3.05, 3.63) is 35.9 Å². The number of H-pyrrole nitrogens is 1. The molecule has 2 N–H and O–H groups in total. The zero-order chi connectivity index (χ0) is 11.7. The third kappa shape index (κ3) is 2.06. The van der Waals surface area contributed by atoms with Crippen LogP contribution in [0.15, 0.2) is 24.3 Å². The molecule has 0 saturated carbocycles. The molecule has 0 aliphatic carbocycles. The van der Waals surface area contributed by atoms with Crippen LogP contribution in [0.4, 0.5) is 4.39 Å². The molecule has 1 aliphatic heterocycles. The number of nitrogens with zero attached hydrogens (tertiary/aromatic N) is 2. The summed E-state index contributed by atoms with van der Waals surface area (Å²) in [4.78, 5) is 4.44. The topological polar surface area (TPSA) is 53.6 Å². The van der Waals surface area contributed by atoms with Crippen LogP contribution in [0.1, 0.15) is 24.7 Å². The third-order valence-corrected chi connectivity index (χ3v) is 3.00. The van der Waals surface area contributed by atoms with Crippen LogP contribution in [-0.4, -0.2) is 21.7 Å². The van der Waals surface area contributed by atoms with Gasteiger partial charge in [0.1, 0.15) is 11.6 Å². The summed E-state index contributed by atoms with van der Waals surface area (Å²) in [5, 5.41) is 10.5. The molecule has 1 atom stereocenters. The van der Waals surface area contributed by atoms with E-state index in [0.717, 1.165) is 30.8 Å². The van der Waals surface area contributed by atoms with Crippen LogP contribution in [0.25, 0.3) is 11.4 Å². The Morgan fingerprint density at radius 2 is 2.06 bits per heavy atom. The van der Waals surface area contributed by atoms with Gasteiger partial charge in [-0.25, -0.2) is 9.37 Å². The molecule has 2 aromatic rings. The largest absolute Gasteiger partial charge is 0.307 e. The maximum absolute atomic E-state index is 12.8. The smallest absolute Gasteiger partial charge is 0.181 e. The Morgan fingerprint density at radius 3 is 2.76 bits per heavy atom. The monoisotopic (exact) mass is 232 g/mol. The fraction of sp³-hybridized carbons (Fsp3) is 0.333. The van der Waals surface area contributed by atoms with Gasteiger partial charge in [-0.2, -0.15) is 5.10 Å². The lowest BCUT2D eigenvalue weighted by atomic mass is 10.2. The summed E-state index contributed by atoms with van der Waals surface area (Å²) in [6.45, 7) is 1.03. The zero-order valence-corrected chi connectivity index (χ0v) is 9.28. The first-order valence-corrected chi connectivity index (χ1v) is 5.74. The lowest BCUT2D eigenvalue weighted by Gasteiger charge is -2.03. The number of rotatable bonds is 2. The van der Waals surface area contributed by atoms with Crippen molar-refractivity contribution in [2.75, 3.05) is 6.54 Å². The highest BCUT2D eigenvalue weighted by atomic mass is 19.1. The minimum absolute atomic E-state index is 0.248. The molecule has 1 aromatic heterocycles. The van der Waals surface area contributed by atoms with E-state index < -0.39 is 0 Å². The van der Waals surface area contributed by atoms with Crippen LogP contribution in [0, 0.1) is 5.82 Å². The lowest BCUT2D eigenvalue weighted by molar-refractivity contribution is 0.608. The molecule has 0 spiro atoms. The van der Waals surface area contributed by atoms with Crippen molar-refractivity contribution in [3.63, 3.8) is 0 Å². The standard InChI is InChI=1S/C12H13FN4/c13-9-5-3-8(4-6-9)11-15-12(17-16-11)10-2-1-7-14-10/h3-6,10,14H,1-2,7H2,(H,15,16,17). The van der Waals surface area contributed by atoms with Gasteiger partial charge in [0.25, 0.3) is 0 Å². The molecule has 1 saturated heterocycles. The predicted molar refractivity (Wildman–Crippen MR) is 61.8 cm³/mol. The minimum Gasteiger partial charge on any atom is -0.307 e. The van der Waals surface area contributed by atoms with E-state index >= 15 is 0 Å². The number of hydrogen-bond donors (Lipinski definition) is 2. The van der Waals surface area contributed by atoms with Crippen molar-refractivity contribution in [1.29, 1.82) is 0 Å². The number of aromatic amines is 1. The van der Waals surface area contributed by atoms with Crippen LogP contribution in [0.2, 0.25) is 0 Å². The predicted octanol–water partition coefficient (Wildman–Crippen LogP) is 2.04. The van der Waals surface area contributed by atoms with Gasteiger partial charge in [-0.05, 0) is 43.7 Å². The van der Waals surface area contributed by atoms with Crippen molar-refractivity contribution in [1.82, 2.24) is 20.5 Å². The summed E-state index contributed by atoms with van der Waals surface area (Å²) in [5.41, 5.74) is 0.826. The van der Waals surface area contributed by atoms with Crippen molar-refractivity contribution in [2.45, 2.75) is 18.9 Å². The zero-order valence-electron chi connectivity index (χ0n) is 9.28. The van der Waals surface area contributed by atoms with Crippen LogP contribution >= 0.6 is 0 Å². The first-order chi connectivity index (χ1) is 8.33. The summed E-state index contributed by atoms with van der Waals surface area (Å²) < 4.78 is 12.8. The molecule has 0 amide bonds. The molecule has 1 aliphatic rings. The fourth-order valence-corrected chi connectivity index (χ4v) is 2.08. The lowest BCUT2D eigenvalue weighted by Crippen LogP contribution is -2.14. The highest BCUT2D eigenvalue weighted by Gasteiger charge is 2.20. The summed E-state index contributed by atoms with van der Waals surface area (Å²) in [5.74, 6) is 1.23. The van der Waals surface area contributed by atoms with Gasteiger partial charge in [-0.3, -0.25) is 5.10 Å². The van der Waals surface area contributed by atoms with Gasteiger partial charge >= 0.3 is 0 Å². The summed E-state index contributed by atoms with van der Waals surface area (Å²) in [7, 11) is 0. The molecule has 17 heavy (non-hydrogen) atoms. The second-order valence-corrected chi connectivity index (χ2v) is 4.20. The van der Waals surface area contributed by atoms with Crippen LogP contribution in [0.5, 0.6) is 0 Å². The molecule has 1 fully saturated rings. The second kappa shape index (κ2) is 4.25. The minimum atomic E-state index is -0.248. The van der Waals surface area contributed by atoms with Gasteiger partial charge in [0.15, 0.2) is 5.82 Å². The highest BCUT2D eigenvalue weighted by Crippen LogP contribution is 2.22. The number of aromatic nitrogens is 3. The van der Waals surface area contributed by atoms with Crippen molar-refractivity contribution in [3.8, 4) is 11.4 Å². The molecule has 5 heteroatoms. The Balaban J connectivity index is 1.86. The van der Waals surface area contributed by atoms with Crippen molar-refractivity contribution >= 4 is 0 Å². The van der Waals surface area contributed by atoms with E-state index in [4.69, 9.17) is 0 Å². The van der Waals surface area contributed by atoms with Gasteiger partial charge in [-0.15, -0.1) is 0 Å². The fourth-order valence-electron chi connectivity index (χ4n) is 2.08. The molecule has 0 radical (unpaired) electrons. The Bertz CT molecular complexity index is 499. The highest BCUT2D eigenvalue weighted by molar-refractivity contribution is 5.54. The molecular formula is C12H13FN4. The van der Waals surface area contributed by atoms with E-state index in [9.17, 15) is 4.39 Å². The molecular weight excluding hydrogens is 219 g/mol. The molecule has 0 bridgehead atoms. The van der Waals surface area contributed by atoms with Crippen molar-refractivity contribution < 1.29 is 4.39 Å². The van der Waals surface area contributed by atoms with E-state index in [1.54, 1.807) is 12.1 Å². The van der Waals surface area contributed by atoms with E-state index in [1.807, 2.05) is 0 Å². The Hall–Kier alpha value is -1.75. The quantitative estimate of drug-likeness (QED) is 0.833. The average Bonchev–Trinajstić information content (AvgIpc) is 3.00. The number of benzene rings is 1. The third-order valence-electron chi connectivity index (χ3n) is 3.00. The van der Waals surface area contributed by atoms with Crippen LogP contribution < -0.4 is 5.32 Å². The Kier molecular flexibility index (Phi) is 2.60.